The average molecular weight is 436 g/mol. The van der Waals surface area contributed by atoms with Gasteiger partial charge in [-0.05, 0) is 37.0 Å². The lowest BCUT2D eigenvalue weighted by molar-refractivity contribution is -0.0161. The number of ether oxygens (including phenoxy) is 1. The van der Waals surface area contributed by atoms with Crippen molar-refractivity contribution in [3.8, 4) is 22.4 Å². The minimum atomic E-state index is -0.317. The Morgan fingerprint density at radius 1 is 1.00 bits per heavy atom. The molecule has 1 aliphatic carbocycles. The number of nitrogens with zero attached hydrogens (tertiary/aromatic N) is 4. The van der Waals surface area contributed by atoms with Gasteiger partial charge in [0.1, 0.15) is 0 Å². The van der Waals surface area contributed by atoms with Crippen LogP contribution in [0.3, 0.4) is 0 Å². The highest BCUT2D eigenvalue weighted by molar-refractivity contribution is 5.90. The van der Waals surface area contributed by atoms with E-state index >= 15 is 0 Å². The molecule has 0 unspecified atom stereocenters. The van der Waals surface area contributed by atoms with E-state index in [0.717, 1.165) is 63.2 Å². The van der Waals surface area contributed by atoms with E-state index in [-0.39, 0.29) is 11.6 Å². The van der Waals surface area contributed by atoms with Crippen LogP contribution < -0.4 is 5.73 Å². The molecule has 164 valence electrons. The molecule has 2 aromatic carbocycles. The first kappa shape index (κ1) is 20.0. The first-order valence-electron chi connectivity index (χ1n) is 11.2. The Balaban J connectivity index is 1.52. The van der Waals surface area contributed by atoms with Gasteiger partial charge >= 0.3 is 0 Å². The van der Waals surface area contributed by atoms with Crippen molar-refractivity contribution in [1.82, 2.24) is 19.6 Å². The number of rotatable bonds is 4. The molecule has 5 aromatic rings. The molecule has 0 aliphatic heterocycles. The maximum atomic E-state index is 6.62. The number of hydrogen-bond acceptors (Lipinski definition) is 5. The van der Waals surface area contributed by atoms with Crippen molar-refractivity contribution in [1.29, 1.82) is 0 Å². The standard InChI is InChI=1S/C27H25N5O/c1-17-12-24-29-16-20-13-23(18-6-4-3-5-7-18)25(30-26(20)32(24)31-17)19-8-10-21(11-9-19)27(28)14-22(15-27)33-2/h3-13,16,22H,14-15,28H2,1-2H3/t22-,27+. The van der Waals surface area contributed by atoms with Gasteiger partial charge in [0.25, 0.3) is 0 Å². The van der Waals surface area contributed by atoms with Gasteiger partial charge in [-0.1, -0.05) is 54.6 Å². The minimum absolute atomic E-state index is 0.245. The van der Waals surface area contributed by atoms with E-state index in [1.165, 1.54) is 0 Å². The first-order valence-corrected chi connectivity index (χ1v) is 11.2. The van der Waals surface area contributed by atoms with Crippen molar-refractivity contribution < 1.29 is 4.74 Å². The number of nitrogens with two attached hydrogens (primary N) is 1. The van der Waals surface area contributed by atoms with Gasteiger partial charge in [-0.2, -0.15) is 9.61 Å². The number of aromatic nitrogens is 4. The molecule has 3 aromatic heterocycles. The maximum absolute atomic E-state index is 6.62. The lowest BCUT2D eigenvalue weighted by Gasteiger charge is -2.44. The molecular weight excluding hydrogens is 410 g/mol. The quantitative estimate of drug-likeness (QED) is 0.435. The summed E-state index contributed by atoms with van der Waals surface area (Å²) in [5.41, 5.74) is 14.1. The predicted molar refractivity (Wildman–Crippen MR) is 130 cm³/mol. The van der Waals surface area contributed by atoms with Crippen LogP contribution in [-0.2, 0) is 10.3 Å². The molecule has 0 spiro atoms. The molecular formula is C27H25N5O. The van der Waals surface area contributed by atoms with E-state index in [1.807, 2.05) is 41.9 Å². The van der Waals surface area contributed by atoms with Crippen LogP contribution in [0.4, 0.5) is 0 Å². The van der Waals surface area contributed by atoms with Crippen molar-refractivity contribution in [2.45, 2.75) is 31.4 Å². The fourth-order valence-corrected chi connectivity index (χ4v) is 4.83. The lowest BCUT2D eigenvalue weighted by atomic mass is 9.70. The summed E-state index contributed by atoms with van der Waals surface area (Å²) >= 11 is 0. The molecule has 0 atom stereocenters. The Morgan fingerprint density at radius 3 is 2.48 bits per heavy atom. The van der Waals surface area contributed by atoms with Crippen LogP contribution in [0.1, 0.15) is 24.1 Å². The zero-order valence-corrected chi connectivity index (χ0v) is 18.7. The molecule has 2 N–H and O–H groups in total. The number of hydrogen-bond donors (Lipinski definition) is 1. The van der Waals surface area contributed by atoms with E-state index in [2.05, 4.69) is 52.5 Å². The summed E-state index contributed by atoms with van der Waals surface area (Å²) in [4.78, 5) is 9.70. The van der Waals surface area contributed by atoms with Gasteiger partial charge in [0, 0.05) is 41.4 Å². The molecule has 0 radical (unpaired) electrons. The van der Waals surface area contributed by atoms with Crippen molar-refractivity contribution in [2.75, 3.05) is 7.11 Å². The highest BCUT2D eigenvalue weighted by Gasteiger charge is 2.42. The van der Waals surface area contributed by atoms with Crippen LogP contribution in [-0.4, -0.2) is 32.8 Å². The molecule has 0 amide bonds. The second kappa shape index (κ2) is 7.47. The zero-order valence-electron chi connectivity index (χ0n) is 18.7. The van der Waals surface area contributed by atoms with E-state index in [9.17, 15) is 0 Å². The summed E-state index contributed by atoms with van der Waals surface area (Å²) in [6.45, 7) is 1.97. The van der Waals surface area contributed by atoms with Gasteiger partial charge in [0.2, 0.25) is 0 Å². The Labute approximate surface area is 192 Å². The Hall–Kier alpha value is -3.61. The third kappa shape index (κ3) is 3.30. The van der Waals surface area contributed by atoms with Gasteiger partial charge in [0.05, 0.1) is 17.5 Å². The Bertz CT molecular complexity index is 1470. The molecule has 1 saturated carbocycles. The van der Waals surface area contributed by atoms with Crippen molar-refractivity contribution in [3.05, 3.63) is 84.2 Å². The summed E-state index contributed by atoms with van der Waals surface area (Å²) in [5.74, 6) is 0. The SMILES string of the molecule is CO[C@H]1C[C@](N)(c2ccc(-c3nc4c(cnc5cc(C)nn54)cc3-c3ccccc3)cc2)C1. The molecule has 6 heteroatoms. The monoisotopic (exact) mass is 435 g/mol. The van der Waals surface area contributed by atoms with Crippen molar-refractivity contribution in [3.63, 3.8) is 0 Å². The van der Waals surface area contributed by atoms with Crippen LogP contribution in [0, 0.1) is 6.92 Å². The molecule has 0 bridgehead atoms. The van der Waals surface area contributed by atoms with Gasteiger partial charge in [-0.3, -0.25) is 0 Å². The van der Waals surface area contributed by atoms with Gasteiger partial charge < -0.3 is 10.5 Å². The van der Waals surface area contributed by atoms with Crippen LogP contribution in [0.5, 0.6) is 0 Å². The van der Waals surface area contributed by atoms with Crippen LogP contribution in [0.15, 0.2) is 72.9 Å². The third-order valence-electron chi connectivity index (χ3n) is 6.72. The Morgan fingerprint density at radius 2 is 1.76 bits per heavy atom. The van der Waals surface area contributed by atoms with E-state index < -0.39 is 0 Å². The van der Waals surface area contributed by atoms with Crippen molar-refractivity contribution in [2.24, 2.45) is 5.73 Å². The van der Waals surface area contributed by atoms with E-state index in [0.29, 0.717) is 0 Å². The second-order valence-electron chi connectivity index (χ2n) is 8.98. The molecule has 33 heavy (non-hydrogen) atoms. The van der Waals surface area contributed by atoms with E-state index in [4.69, 9.17) is 15.5 Å². The van der Waals surface area contributed by atoms with Crippen LogP contribution in [0.2, 0.25) is 0 Å². The largest absolute Gasteiger partial charge is 0.381 e. The van der Waals surface area contributed by atoms with Gasteiger partial charge in [-0.25, -0.2) is 9.97 Å². The summed E-state index contributed by atoms with van der Waals surface area (Å²) in [5, 5.41) is 5.57. The molecule has 1 aliphatic rings. The fourth-order valence-electron chi connectivity index (χ4n) is 4.83. The number of pyridine rings is 1. The third-order valence-corrected chi connectivity index (χ3v) is 6.72. The smallest absolute Gasteiger partial charge is 0.165 e. The molecule has 6 rings (SSSR count). The average Bonchev–Trinajstić information content (AvgIpc) is 3.22. The van der Waals surface area contributed by atoms with Crippen LogP contribution in [0.25, 0.3) is 39.1 Å². The number of aryl methyl sites for hydroxylation is 1. The van der Waals surface area contributed by atoms with Crippen molar-refractivity contribution >= 4 is 16.7 Å². The summed E-state index contributed by atoms with van der Waals surface area (Å²) in [6, 6.07) is 23.0. The number of fused-ring (bicyclic) bond motifs is 3. The summed E-state index contributed by atoms with van der Waals surface area (Å²) in [7, 11) is 1.75. The maximum Gasteiger partial charge on any atom is 0.165 e. The van der Waals surface area contributed by atoms with Gasteiger partial charge in [0.15, 0.2) is 11.3 Å². The van der Waals surface area contributed by atoms with Gasteiger partial charge in [-0.15, -0.1) is 0 Å². The second-order valence-corrected chi connectivity index (χ2v) is 8.98. The lowest BCUT2D eigenvalue weighted by Crippen LogP contribution is -2.52. The first-order chi connectivity index (χ1) is 16.0. The predicted octanol–water partition coefficient (Wildman–Crippen LogP) is 4.88. The highest BCUT2D eigenvalue weighted by Crippen LogP contribution is 2.41. The summed E-state index contributed by atoms with van der Waals surface area (Å²) in [6.07, 6.45) is 3.81. The van der Waals surface area contributed by atoms with E-state index in [1.54, 1.807) is 7.11 Å². The zero-order chi connectivity index (χ0) is 22.6. The Kier molecular flexibility index (Phi) is 4.54. The topological polar surface area (TPSA) is 78.3 Å². The highest BCUT2D eigenvalue weighted by atomic mass is 16.5. The molecule has 3 heterocycles. The molecule has 0 saturated heterocycles. The van der Waals surface area contributed by atoms with Crippen LogP contribution >= 0.6 is 0 Å². The molecule has 1 fully saturated rings. The normalized spacial score (nSPS) is 20.3. The number of benzene rings is 2. The fraction of sp³-hybridized carbons (Fsp3) is 0.222. The summed E-state index contributed by atoms with van der Waals surface area (Å²) < 4.78 is 7.26. The number of methoxy groups -OCH3 is 1. The molecule has 6 nitrogen and oxygen atoms in total. The minimum Gasteiger partial charge on any atom is -0.381 e.